The number of benzene rings is 2. The number of likely N-dealkylation sites (tertiary alicyclic amines) is 1. The van der Waals surface area contributed by atoms with Crippen LogP contribution < -0.4 is 0 Å². The molecule has 1 aromatic heterocycles. The van der Waals surface area contributed by atoms with Gasteiger partial charge in [0, 0.05) is 24.8 Å². The van der Waals surface area contributed by atoms with E-state index in [4.69, 9.17) is 0 Å². The first-order valence-corrected chi connectivity index (χ1v) is 8.79. The van der Waals surface area contributed by atoms with E-state index in [0.29, 0.717) is 12.1 Å². The molecular formula is C20H18N4O3. The minimum atomic E-state index is -0.447. The van der Waals surface area contributed by atoms with Crippen LogP contribution in [0.25, 0.3) is 17.1 Å². The van der Waals surface area contributed by atoms with E-state index in [1.807, 2.05) is 24.3 Å². The molecule has 0 radical (unpaired) electrons. The van der Waals surface area contributed by atoms with Crippen LogP contribution >= 0.6 is 0 Å². The predicted octanol–water partition coefficient (Wildman–Crippen LogP) is 3.85. The van der Waals surface area contributed by atoms with Crippen LogP contribution in [0.2, 0.25) is 0 Å². The summed E-state index contributed by atoms with van der Waals surface area (Å²) in [6.07, 6.45) is 4.86. The van der Waals surface area contributed by atoms with Gasteiger partial charge in [0.2, 0.25) is 5.91 Å². The molecule has 7 nitrogen and oxygen atoms in total. The lowest BCUT2D eigenvalue weighted by Gasteiger charge is -2.21. The van der Waals surface area contributed by atoms with Crippen molar-refractivity contribution in [3.05, 3.63) is 76.1 Å². The maximum absolute atomic E-state index is 12.7. The molecule has 1 fully saturated rings. The van der Waals surface area contributed by atoms with Crippen LogP contribution in [0, 0.1) is 10.1 Å². The Morgan fingerprint density at radius 3 is 2.93 bits per heavy atom. The summed E-state index contributed by atoms with van der Waals surface area (Å²) in [5.41, 5.74) is 2.47. The van der Waals surface area contributed by atoms with E-state index >= 15 is 0 Å². The lowest BCUT2D eigenvalue weighted by atomic mass is 10.2. The number of nitrogens with zero attached hydrogens (tertiary/aromatic N) is 3. The molecule has 0 bridgehead atoms. The largest absolute Gasteiger partial charge is 0.340 e. The maximum atomic E-state index is 12.7. The molecule has 1 aliphatic rings. The molecule has 1 saturated heterocycles. The van der Waals surface area contributed by atoms with E-state index in [1.165, 1.54) is 18.2 Å². The number of para-hydroxylation sites is 2. The third-order valence-electron chi connectivity index (χ3n) is 4.76. The van der Waals surface area contributed by atoms with E-state index in [9.17, 15) is 14.9 Å². The van der Waals surface area contributed by atoms with Crippen LogP contribution in [-0.4, -0.2) is 32.2 Å². The molecule has 4 rings (SSSR count). The zero-order valence-corrected chi connectivity index (χ0v) is 14.5. The van der Waals surface area contributed by atoms with Crippen molar-refractivity contribution >= 4 is 28.7 Å². The average molecular weight is 362 g/mol. The Kier molecular flexibility index (Phi) is 4.42. The molecule has 2 heterocycles. The van der Waals surface area contributed by atoms with E-state index in [2.05, 4.69) is 9.97 Å². The Labute approximate surface area is 155 Å². The highest BCUT2D eigenvalue weighted by molar-refractivity contribution is 5.92. The Hall–Kier alpha value is -3.48. The van der Waals surface area contributed by atoms with Crippen molar-refractivity contribution in [2.75, 3.05) is 6.54 Å². The van der Waals surface area contributed by atoms with E-state index in [-0.39, 0.29) is 17.6 Å². The fourth-order valence-electron chi connectivity index (χ4n) is 3.45. The third-order valence-corrected chi connectivity index (χ3v) is 4.76. The number of nitro groups is 1. The first kappa shape index (κ1) is 17.0. The number of fused-ring (bicyclic) bond motifs is 1. The van der Waals surface area contributed by atoms with Gasteiger partial charge in [-0.15, -0.1) is 0 Å². The van der Waals surface area contributed by atoms with Crippen LogP contribution in [0.1, 0.15) is 30.3 Å². The van der Waals surface area contributed by atoms with Gasteiger partial charge in [0.1, 0.15) is 5.82 Å². The van der Waals surface area contributed by atoms with Crippen LogP contribution in [0.3, 0.4) is 0 Å². The van der Waals surface area contributed by atoms with E-state index < -0.39 is 4.92 Å². The SMILES string of the molecule is O=C(/C=C/c1cccc([N+](=O)[O-])c1)N1CCC[C@@H]1c1nc2ccccc2[nH]1. The molecule has 0 aliphatic carbocycles. The number of non-ortho nitro benzene ring substituents is 1. The number of H-pyrrole nitrogens is 1. The zero-order valence-electron chi connectivity index (χ0n) is 14.5. The van der Waals surface area contributed by atoms with Crippen LogP contribution in [0.4, 0.5) is 5.69 Å². The molecule has 7 heteroatoms. The second-order valence-corrected chi connectivity index (χ2v) is 6.51. The second-order valence-electron chi connectivity index (χ2n) is 6.51. The monoisotopic (exact) mass is 362 g/mol. The van der Waals surface area contributed by atoms with Crippen LogP contribution in [-0.2, 0) is 4.79 Å². The van der Waals surface area contributed by atoms with Gasteiger partial charge in [-0.1, -0.05) is 24.3 Å². The molecule has 0 spiro atoms. The number of carbonyl (C=O) groups is 1. The summed E-state index contributed by atoms with van der Waals surface area (Å²) >= 11 is 0. The van der Waals surface area contributed by atoms with Gasteiger partial charge in [-0.05, 0) is 36.6 Å². The predicted molar refractivity (Wildman–Crippen MR) is 102 cm³/mol. The Morgan fingerprint density at radius 1 is 1.26 bits per heavy atom. The molecule has 3 aromatic rings. The van der Waals surface area contributed by atoms with Gasteiger partial charge in [0.15, 0.2) is 0 Å². The molecular weight excluding hydrogens is 344 g/mol. The van der Waals surface area contributed by atoms with Gasteiger partial charge in [0.25, 0.3) is 5.69 Å². The third kappa shape index (κ3) is 3.44. The van der Waals surface area contributed by atoms with Crippen molar-refractivity contribution in [3.8, 4) is 0 Å². The van der Waals surface area contributed by atoms with Crippen LogP contribution in [0.15, 0.2) is 54.6 Å². The number of aromatic nitrogens is 2. The van der Waals surface area contributed by atoms with E-state index in [0.717, 1.165) is 29.7 Å². The van der Waals surface area contributed by atoms with Gasteiger partial charge in [-0.25, -0.2) is 4.98 Å². The molecule has 0 saturated carbocycles. The summed E-state index contributed by atoms with van der Waals surface area (Å²) in [4.78, 5) is 32.9. The first-order valence-electron chi connectivity index (χ1n) is 8.79. The number of hydrogen-bond acceptors (Lipinski definition) is 4. The molecule has 1 amide bonds. The van der Waals surface area contributed by atoms with Crippen molar-refractivity contribution in [1.29, 1.82) is 0 Å². The molecule has 27 heavy (non-hydrogen) atoms. The fraction of sp³-hybridized carbons (Fsp3) is 0.200. The van der Waals surface area contributed by atoms with Crippen molar-refractivity contribution in [3.63, 3.8) is 0 Å². The average Bonchev–Trinajstić information content (AvgIpc) is 3.32. The summed E-state index contributed by atoms with van der Waals surface area (Å²) in [5.74, 6) is 0.676. The van der Waals surface area contributed by atoms with Gasteiger partial charge in [-0.3, -0.25) is 14.9 Å². The normalized spacial score (nSPS) is 17.0. The quantitative estimate of drug-likeness (QED) is 0.433. The second kappa shape index (κ2) is 7.03. The lowest BCUT2D eigenvalue weighted by molar-refractivity contribution is -0.384. The summed E-state index contributed by atoms with van der Waals surface area (Å²) in [5, 5.41) is 10.9. The summed E-state index contributed by atoms with van der Waals surface area (Å²) in [7, 11) is 0. The summed E-state index contributed by atoms with van der Waals surface area (Å²) < 4.78 is 0. The number of nitro benzene ring substituents is 1. The Balaban J connectivity index is 1.54. The number of imidazole rings is 1. The number of hydrogen-bond donors (Lipinski definition) is 1. The minimum Gasteiger partial charge on any atom is -0.340 e. The van der Waals surface area contributed by atoms with Crippen molar-refractivity contribution in [2.24, 2.45) is 0 Å². The highest BCUT2D eigenvalue weighted by atomic mass is 16.6. The molecule has 1 atom stereocenters. The molecule has 1 N–H and O–H groups in total. The van der Waals surface area contributed by atoms with Gasteiger partial charge in [-0.2, -0.15) is 0 Å². The molecule has 0 unspecified atom stereocenters. The smallest absolute Gasteiger partial charge is 0.270 e. The fourth-order valence-corrected chi connectivity index (χ4v) is 3.45. The number of aromatic amines is 1. The summed E-state index contributed by atoms with van der Waals surface area (Å²) in [6, 6.07) is 13.9. The van der Waals surface area contributed by atoms with Crippen molar-refractivity contribution < 1.29 is 9.72 Å². The molecule has 2 aromatic carbocycles. The number of rotatable bonds is 4. The lowest BCUT2D eigenvalue weighted by Crippen LogP contribution is -2.29. The maximum Gasteiger partial charge on any atom is 0.270 e. The van der Waals surface area contributed by atoms with Crippen LogP contribution in [0.5, 0.6) is 0 Å². The molecule has 136 valence electrons. The topological polar surface area (TPSA) is 92.1 Å². The van der Waals surface area contributed by atoms with Gasteiger partial charge < -0.3 is 9.88 Å². The Morgan fingerprint density at radius 2 is 2.11 bits per heavy atom. The highest BCUT2D eigenvalue weighted by Crippen LogP contribution is 2.31. The van der Waals surface area contributed by atoms with Crippen molar-refractivity contribution in [2.45, 2.75) is 18.9 Å². The first-order chi connectivity index (χ1) is 13.1. The minimum absolute atomic E-state index is 0.00548. The van der Waals surface area contributed by atoms with Gasteiger partial charge >= 0.3 is 0 Å². The molecule has 1 aliphatic heterocycles. The zero-order chi connectivity index (χ0) is 18.8. The van der Waals surface area contributed by atoms with Crippen molar-refractivity contribution in [1.82, 2.24) is 14.9 Å². The summed E-state index contributed by atoms with van der Waals surface area (Å²) in [6.45, 7) is 0.666. The number of amides is 1. The Bertz CT molecular complexity index is 1010. The number of nitrogens with one attached hydrogen (secondary N) is 1. The number of carbonyl (C=O) groups excluding carboxylic acids is 1. The van der Waals surface area contributed by atoms with E-state index in [1.54, 1.807) is 23.1 Å². The van der Waals surface area contributed by atoms with Gasteiger partial charge in [0.05, 0.1) is 22.0 Å². The highest BCUT2D eigenvalue weighted by Gasteiger charge is 2.31. The standard InChI is InChI=1S/C20H18N4O3/c25-19(11-10-14-5-3-6-15(13-14)24(26)27)23-12-4-9-18(23)20-21-16-7-1-2-8-17(16)22-20/h1-3,5-8,10-11,13,18H,4,9,12H2,(H,21,22)/b11-10+/t18-/m1/s1.